The van der Waals surface area contributed by atoms with E-state index in [0.29, 0.717) is 23.4 Å². The van der Waals surface area contributed by atoms with Gasteiger partial charge in [-0.15, -0.1) is 0 Å². The number of alkyl carbamates (subject to hydrolysis) is 1. The van der Waals surface area contributed by atoms with E-state index in [4.69, 9.17) is 9.47 Å². The van der Waals surface area contributed by atoms with Crippen LogP contribution in [0.15, 0.2) is 48.5 Å². The summed E-state index contributed by atoms with van der Waals surface area (Å²) in [5.41, 5.74) is 1.25. The largest absolute Gasteiger partial charge is 0.497 e. The number of rotatable bonds is 10. The highest BCUT2D eigenvalue weighted by atomic mass is 16.6. The molecule has 3 amide bonds. The van der Waals surface area contributed by atoms with Gasteiger partial charge in [0.15, 0.2) is 0 Å². The van der Waals surface area contributed by atoms with E-state index >= 15 is 0 Å². The van der Waals surface area contributed by atoms with Gasteiger partial charge in [-0.1, -0.05) is 43.7 Å². The minimum atomic E-state index is -1.13. The minimum absolute atomic E-state index is 0.0359. The van der Waals surface area contributed by atoms with Gasteiger partial charge in [0.2, 0.25) is 5.91 Å². The van der Waals surface area contributed by atoms with Crippen LogP contribution in [-0.4, -0.2) is 48.1 Å². The van der Waals surface area contributed by atoms with Crippen LogP contribution < -0.4 is 15.4 Å². The van der Waals surface area contributed by atoms with E-state index in [1.54, 1.807) is 64.3 Å². The zero-order valence-corrected chi connectivity index (χ0v) is 23.2. The van der Waals surface area contributed by atoms with Crippen molar-refractivity contribution in [3.8, 4) is 11.8 Å². The Morgan fingerprint density at radius 2 is 1.63 bits per heavy atom. The lowest BCUT2D eigenvalue weighted by Gasteiger charge is -2.33. The number of nitrogens with zero attached hydrogens (tertiary/aromatic N) is 2. The lowest BCUT2D eigenvalue weighted by Crippen LogP contribution is -2.52. The number of amides is 3. The molecule has 204 valence electrons. The Labute approximate surface area is 225 Å². The predicted molar refractivity (Wildman–Crippen MR) is 145 cm³/mol. The number of benzene rings is 2. The number of carbonyl (C=O) groups excluding carboxylic acids is 3. The second-order valence-electron chi connectivity index (χ2n) is 10.5. The van der Waals surface area contributed by atoms with Gasteiger partial charge < -0.3 is 25.0 Å². The summed E-state index contributed by atoms with van der Waals surface area (Å²) >= 11 is 0. The van der Waals surface area contributed by atoms with Gasteiger partial charge in [0.05, 0.1) is 13.2 Å². The lowest BCUT2D eigenvalue weighted by atomic mass is 9.98. The van der Waals surface area contributed by atoms with Crippen LogP contribution in [0.2, 0.25) is 0 Å². The minimum Gasteiger partial charge on any atom is -0.497 e. The van der Waals surface area contributed by atoms with Gasteiger partial charge in [0.1, 0.15) is 30.0 Å². The molecule has 2 N–H and O–H groups in total. The van der Waals surface area contributed by atoms with Crippen LogP contribution in [0, 0.1) is 24.2 Å². The second kappa shape index (κ2) is 13.5. The van der Waals surface area contributed by atoms with E-state index in [-0.39, 0.29) is 12.5 Å². The maximum absolute atomic E-state index is 13.9. The Bertz CT molecular complexity index is 1130. The summed E-state index contributed by atoms with van der Waals surface area (Å²) < 4.78 is 10.5. The van der Waals surface area contributed by atoms with Crippen LogP contribution in [-0.2, 0) is 14.3 Å². The van der Waals surface area contributed by atoms with Crippen molar-refractivity contribution in [2.75, 3.05) is 19.0 Å². The Morgan fingerprint density at radius 1 is 1.03 bits per heavy atom. The average Bonchev–Trinajstić information content (AvgIpc) is 2.83. The smallest absolute Gasteiger partial charge is 0.408 e. The zero-order valence-electron chi connectivity index (χ0n) is 23.2. The Hall–Kier alpha value is -4.06. The van der Waals surface area contributed by atoms with Crippen molar-refractivity contribution in [3.63, 3.8) is 0 Å². The Morgan fingerprint density at radius 3 is 2.13 bits per heavy atom. The molecule has 0 aliphatic carbocycles. The molecule has 2 aromatic rings. The Kier molecular flexibility index (Phi) is 10.7. The highest BCUT2D eigenvalue weighted by molar-refractivity contribution is 5.99. The fourth-order valence-electron chi connectivity index (χ4n) is 3.82. The molecule has 9 heteroatoms. The van der Waals surface area contributed by atoms with Crippen LogP contribution in [0.5, 0.6) is 5.75 Å². The molecule has 0 bridgehead atoms. The molecule has 0 aromatic heterocycles. The predicted octanol–water partition coefficient (Wildman–Crippen LogP) is 4.98. The number of nitriles is 1. The first-order valence-electron chi connectivity index (χ1n) is 12.5. The van der Waals surface area contributed by atoms with Crippen molar-refractivity contribution in [1.29, 1.82) is 5.26 Å². The first-order chi connectivity index (χ1) is 17.8. The number of nitrogens with one attached hydrogen (secondary N) is 2. The van der Waals surface area contributed by atoms with Crippen LogP contribution in [0.25, 0.3) is 0 Å². The number of ether oxygens (including phenoxy) is 2. The van der Waals surface area contributed by atoms with E-state index in [9.17, 15) is 19.6 Å². The maximum atomic E-state index is 13.9. The van der Waals surface area contributed by atoms with Gasteiger partial charge in [0, 0.05) is 5.69 Å². The third kappa shape index (κ3) is 9.11. The van der Waals surface area contributed by atoms with E-state index in [2.05, 4.69) is 10.6 Å². The average molecular weight is 523 g/mol. The molecule has 0 aliphatic heterocycles. The summed E-state index contributed by atoms with van der Waals surface area (Å²) in [6.45, 7) is 10.6. The number of hydrogen-bond acceptors (Lipinski definition) is 6. The molecule has 0 saturated carbocycles. The first kappa shape index (κ1) is 30.2. The topological polar surface area (TPSA) is 121 Å². The highest BCUT2D eigenvalue weighted by Gasteiger charge is 2.36. The summed E-state index contributed by atoms with van der Waals surface area (Å²) in [5, 5.41) is 15.1. The van der Waals surface area contributed by atoms with Gasteiger partial charge in [0.25, 0.3) is 5.91 Å². The number of methoxy groups -OCH3 is 1. The first-order valence-corrected chi connectivity index (χ1v) is 12.5. The lowest BCUT2D eigenvalue weighted by molar-refractivity contribution is -0.140. The molecule has 0 heterocycles. The molecule has 0 radical (unpaired) electrons. The quantitative estimate of drug-likeness (QED) is 0.425. The van der Waals surface area contributed by atoms with Gasteiger partial charge in [-0.3, -0.25) is 9.59 Å². The van der Waals surface area contributed by atoms with Gasteiger partial charge in [-0.2, -0.15) is 5.26 Å². The number of carbonyl (C=O) groups is 3. The van der Waals surface area contributed by atoms with Crippen molar-refractivity contribution in [2.45, 2.75) is 65.6 Å². The van der Waals surface area contributed by atoms with Crippen molar-refractivity contribution >= 4 is 23.6 Å². The Balaban J connectivity index is 2.47. The van der Waals surface area contributed by atoms with E-state index in [1.807, 2.05) is 39.0 Å². The van der Waals surface area contributed by atoms with E-state index < -0.39 is 35.6 Å². The SMILES string of the molecule is COc1ccc(NC(=O)C(c2ccc(C)cc2)N(CC#N)C(=O)C(CC(C)C)NC(=O)OC(C)(C)C)cc1. The zero-order chi connectivity index (χ0) is 28.5. The van der Waals surface area contributed by atoms with Gasteiger partial charge >= 0.3 is 6.09 Å². The molecular weight excluding hydrogens is 484 g/mol. The monoisotopic (exact) mass is 522 g/mol. The molecule has 0 fully saturated rings. The fraction of sp³-hybridized carbons (Fsp3) is 0.448. The number of aryl methyl sites for hydroxylation is 1. The van der Waals surface area contributed by atoms with E-state index in [1.165, 1.54) is 4.90 Å². The number of anilines is 1. The van der Waals surface area contributed by atoms with Crippen molar-refractivity contribution in [1.82, 2.24) is 10.2 Å². The van der Waals surface area contributed by atoms with E-state index in [0.717, 1.165) is 5.56 Å². The van der Waals surface area contributed by atoms with Crippen molar-refractivity contribution in [2.24, 2.45) is 5.92 Å². The van der Waals surface area contributed by atoms with Gasteiger partial charge in [-0.25, -0.2) is 4.79 Å². The van der Waals surface area contributed by atoms with Crippen LogP contribution in [0.4, 0.5) is 10.5 Å². The van der Waals surface area contributed by atoms with Crippen LogP contribution >= 0.6 is 0 Å². The summed E-state index contributed by atoms with van der Waals surface area (Å²) in [4.78, 5) is 41.4. The summed E-state index contributed by atoms with van der Waals surface area (Å²) in [7, 11) is 1.55. The third-order valence-corrected chi connectivity index (χ3v) is 5.53. The molecule has 0 spiro atoms. The van der Waals surface area contributed by atoms with Gasteiger partial charge in [-0.05, 0) is 69.9 Å². The van der Waals surface area contributed by atoms with Crippen LogP contribution in [0.3, 0.4) is 0 Å². The molecule has 0 aliphatic rings. The third-order valence-electron chi connectivity index (χ3n) is 5.53. The molecule has 0 saturated heterocycles. The number of hydrogen-bond donors (Lipinski definition) is 2. The molecule has 9 nitrogen and oxygen atoms in total. The summed E-state index contributed by atoms with van der Waals surface area (Å²) in [6, 6.07) is 13.8. The fourth-order valence-corrected chi connectivity index (χ4v) is 3.82. The highest BCUT2D eigenvalue weighted by Crippen LogP contribution is 2.26. The summed E-state index contributed by atoms with van der Waals surface area (Å²) in [5.74, 6) is -0.386. The molecule has 2 unspecified atom stereocenters. The van der Waals surface area contributed by atoms with Crippen LogP contribution in [0.1, 0.15) is 58.2 Å². The standard InChI is InChI=1S/C29H38N4O5/c1-19(2)18-24(32-28(36)38-29(4,5)6)27(35)33(17-16-30)25(21-10-8-20(3)9-11-21)26(34)31-22-12-14-23(37-7)15-13-22/h8-15,19,24-25H,17-18H2,1-7H3,(H,31,34)(H,32,36). The van der Waals surface area contributed by atoms with Crippen molar-refractivity contribution < 1.29 is 23.9 Å². The second-order valence-corrected chi connectivity index (χ2v) is 10.5. The van der Waals surface area contributed by atoms with Crippen molar-refractivity contribution in [3.05, 3.63) is 59.7 Å². The molecular formula is C29H38N4O5. The molecule has 2 aromatic carbocycles. The normalized spacial score (nSPS) is 12.6. The maximum Gasteiger partial charge on any atom is 0.408 e. The summed E-state index contributed by atoms with van der Waals surface area (Å²) in [6.07, 6.45) is -0.455. The molecule has 2 rings (SSSR count). The molecule has 38 heavy (non-hydrogen) atoms. The molecule has 2 atom stereocenters.